The first-order valence-corrected chi connectivity index (χ1v) is 6.16. The molecule has 0 N–H and O–H groups in total. The van der Waals surface area contributed by atoms with E-state index in [-0.39, 0.29) is 4.75 Å². The summed E-state index contributed by atoms with van der Waals surface area (Å²) in [5, 5.41) is 0. The first-order valence-electron chi connectivity index (χ1n) is 5.01. The second kappa shape index (κ2) is 4.31. The summed E-state index contributed by atoms with van der Waals surface area (Å²) in [4.78, 5) is 0.887. The summed E-state index contributed by atoms with van der Waals surface area (Å²) < 4.78 is 12.0. The summed E-state index contributed by atoms with van der Waals surface area (Å²) in [6.45, 7) is 11.8. The van der Waals surface area contributed by atoms with Gasteiger partial charge < -0.3 is 0 Å². The zero-order valence-corrected chi connectivity index (χ0v) is 10.6. The molecule has 1 unspecified atom stereocenters. The lowest BCUT2D eigenvalue weighted by Crippen LogP contribution is -2.22. The standard InChI is InChI=1S/C13H18OS/c1-10(2)11-8-6-7-9-12(11)15(14)13(3,4)5/h6-9H,1H2,2-5H3. The molecule has 0 heterocycles. The molecule has 0 aromatic heterocycles. The highest BCUT2D eigenvalue weighted by molar-refractivity contribution is 7.86. The maximum absolute atomic E-state index is 12.3. The Morgan fingerprint density at radius 1 is 1.27 bits per heavy atom. The summed E-state index contributed by atoms with van der Waals surface area (Å²) in [7, 11) is -0.994. The van der Waals surface area contributed by atoms with Gasteiger partial charge in [0, 0.05) is 9.64 Å². The van der Waals surface area contributed by atoms with E-state index in [9.17, 15) is 4.21 Å². The smallest absolute Gasteiger partial charge is 0.0589 e. The van der Waals surface area contributed by atoms with Crippen molar-refractivity contribution in [2.75, 3.05) is 0 Å². The second-order valence-corrected chi connectivity index (χ2v) is 6.86. The van der Waals surface area contributed by atoms with Crippen molar-refractivity contribution in [1.82, 2.24) is 0 Å². The SMILES string of the molecule is C=C(C)c1ccccc1S(=O)C(C)(C)C. The number of rotatable bonds is 2. The summed E-state index contributed by atoms with van der Waals surface area (Å²) in [5.41, 5.74) is 1.97. The molecule has 0 saturated heterocycles. The van der Waals surface area contributed by atoms with Gasteiger partial charge in [0.1, 0.15) is 0 Å². The Morgan fingerprint density at radius 3 is 2.27 bits per heavy atom. The van der Waals surface area contributed by atoms with Crippen LogP contribution in [0.4, 0.5) is 0 Å². The molecule has 1 aromatic carbocycles. The van der Waals surface area contributed by atoms with Gasteiger partial charge >= 0.3 is 0 Å². The zero-order valence-electron chi connectivity index (χ0n) is 9.83. The molecule has 0 radical (unpaired) electrons. The monoisotopic (exact) mass is 222 g/mol. The third-order valence-electron chi connectivity index (χ3n) is 2.10. The van der Waals surface area contributed by atoms with E-state index < -0.39 is 10.8 Å². The van der Waals surface area contributed by atoms with Crippen molar-refractivity contribution in [3.05, 3.63) is 36.4 Å². The van der Waals surface area contributed by atoms with Crippen LogP contribution in [0.25, 0.3) is 5.57 Å². The highest BCUT2D eigenvalue weighted by Crippen LogP contribution is 2.26. The maximum Gasteiger partial charge on any atom is 0.0589 e. The molecule has 0 spiro atoms. The second-order valence-electron chi connectivity index (χ2n) is 4.66. The Morgan fingerprint density at radius 2 is 1.80 bits per heavy atom. The van der Waals surface area contributed by atoms with E-state index in [1.54, 1.807) is 0 Å². The van der Waals surface area contributed by atoms with Crippen LogP contribution in [-0.4, -0.2) is 8.96 Å². The van der Waals surface area contributed by atoms with E-state index in [0.29, 0.717) is 0 Å². The third kappa shape index (κ3) is 2.78. The molecule has 0 aliphatic rings. The van der Waals surface area contributed by atoms with Crippen LogP contribution in [0.1, 0.15) is 33.3 Å². The normalized spacial score (nSPS) is 13.6. The van der Waals surface area contributed by atoms with Crippen molar-refractivity contribution < 1.29 is 4.21 Å². The van der Waals surface area contributed by atoms with Crippen LogP contribution in [0.3, 0.4) is 0 Å². The van der Waals surface area contributed by atoms with Crippen molar-refractivity contribution in [2.24, 2.45) is 0 Å². The van der Waals surface area contributed by atoms with E-state index >= 15 is 0 Å². The lowest BCUT2D eigenvalue weighted by Gasteiger charge is -2.20. The van der Waals surface area contributed by atoms with E-state index in [4.69, 9.17) is 0 Å². The summed E-state index contributed by atoms with van der Waals surface area (Å²) >= 11 is 0. The Bertz CT molecular complexity index is 399. The molecule has 0 bridgehead atoms. The van der Waals surface area contributed by atoms with E-state index in [1.807, 2.05) is 52.0 Å². The van der Waals surface area contributed by atoms with Gasteiger partial charge in [0.2, 0.25) is 0 Å². The topological polar surface area (TPSA) is 17.1 Å². The van der Waals surface area contributed by atoms with Crippen LogP contribution in [0.15, 0.2) is 35.7 Å². The van der Waals surface area contributed by atoms with Crippen molar-refractivity contribution in [3.63, 3.8) is 0 Å². The van der Waals surface area contributed by atoms with Crippen molar-refractivity contribution in [1.29, 1.82) is 0 Å². The van der Waals surface area contributed by atoms with Crippen LogP contribution in [-0.2, 0) is 10.8 Å². The fraction of sp³-hybridized carbons (Fsp3) is 0.385. The largest absolute Gasteiger partial charge is 0.254 e. The molecule has 1 aromatic rings. The minimum absolute atomic E-state index is 0.231. The van der Waals surface area contributed by atoms with Crippen molar-refractivity contribution >= 4 is 16.4 Å². The molecule has 15 heavy (non-hydrogen) atoms. The average molecular weight is 222 g/mol. The molecule has 82 valence electrons. The van der Waals surface area contributed by atoms with Gasteiger partial charge in [-0.3, -0.25) is 4.21 Å². The molecule has 0 fully saturated rings. The van der Waals surface area contributed by atoms with Crippen molar-refractivity contribution in [2.45, 2.75) is 37.3 Å². The number of hydrogen-bond acceptors (Lipinski definition) is 1. The molecule has 2 heteroatoms. The Balaban J connectivity index is 3.26. The van der Waals surface area contributed by atoms with Gasteiger partial charge in [-0.15, -0.1) is 0 Å². The molecular formula is C13H18OS. The average Bonchev–Trinajstić information content (AvgIpc) is 2.15. The van der Waals surface area contributed by atoms with Crippen molar-refractivity contribution in [3.8, 4) is 0 Å². The third-order valence-corrected chi connectivity index (χ3v) is 3.97. The molecule has 0 aliphatic carbocycles. The number of allylic oxidation sites excluding steroid dienone is 1. The van der Waals surface area contributed by atoms with Gasteiger partial charge in [0.05, 0.1) is 10.8 Å². The van der Waals surface area contributed by atoms with Gasteiger partial charge in [0.15, 0.2) is 0 Å². The van der Waals surface area contributed by atoms with Gasteiger partial charge in [-0.25, -0.2) is 0 Å². The van der Waals surface area contributed by atoms with Gasteiger partial charge in [0.25, 0.3) is 0 Å². The summed E-state index contributed by atoms with van der Waals surface area (Å²) in [6.07, 6.45) is 0. The fourth-order valence-corrected chi connectivity index (χ4v) is 2.61. The van der Waals surface area contributed by atoms with E-state index in [1.165, 1.54) is 0 Å². The van der Waals surface area contributed by atoms with E-state index in [0.717, 1.165) is 16.0 Å². The molecular weight excluding hydrogens is 204 g/mol. The van der Waals surface area contributed by atoms with Crippen LogP contribution < -0.4 is 0 Å². The first kappa shape index (κ1) is 12.2. The Labute approximate surface area is 94.7 Å². The molecule has 1 rings (SSSR count). The highest BCUT2D eigenvalue weighted by Gasteiger charge is 2.23. The van der Waals surface area contributed by atoms with Gasteiger partial charge in [-0.2, -0.15) is 0 Å². The minimum atomic E-state index is -0.994. The van der Waals surface area contributed by atoms with Crippen LogP contribution in [0.2, 0.25) is 0 Å². The van der Waals surface area contributed by atoms with Crippen LogP contribution >= 0.6 is 0 Å². The Hall–Kier alpha value is -0.890. The van der Waals surface area contributed by atoms with E-state index in [2.05, 4.69) is 6.58 Å². The maximum atomic E-state index is 12.3. The quantitative estimate of drug-likeness (QED) is 0.747. The molecule has 0 saturated carbocycles. The van der Waals surface area contributed by atoms with Gasteiger partial charge in [-0.05, 0) is 44.9 Å². The molecule has 0 amide bonds. The lowest BCUT2D eigenvalue weighted by molar-refractivity contribution is 0.648. The molecule has 1 nitrogen and oxygen atoms in total. The minimum Gasteiger partial charge on any atom is -0.254 e. The molecule has 1 atom stereocenters. The number of hydrogen-bond donors (Lipinski definition) is 0. The predicted molar refractivity (Wildman–Crippen MR) is 67.3 cm³/mol. The lowest BCUT2D eigenvalue weighted by atomic mass is 10.1. The zero-order chi connectivity index (χ0) is 11.6. The van der Waals surface area contributed by atoms with Crippen LogP contribution in [0, 0.1) is 0 Å². The number of benzene rings is 1. The fourth-order valence-electron chi connectivity index (χ4n) is 1.31. The Kier molecular flexibility index (Phi) is 3.50. The van der Waals surface area contributed by atoms with Gasteiger partial charge in [-0.1, -0.05) is 24.8 Å². The van der Waals surface area contributed by atoms with Crippen LogP contribution in [0.5, 0.6) is 0 Å². The highest BCUT2D eigenvalue weighted by atomic mass is 32.2. The summed E-state index contributed by atoms with van der Waals surface area (Å²) in [5.74, 6) is 0. The first-order chi connectivity index (χ1) is 6.84. The summed E-state index contributed by atoms with van der Waals surface area (Å²) in [6, 6.07) is 7.77. The molecule has 0 aliphatic heterocycles. The predicted octanol–water partition coefficient (Wildman–Crippen LogP) is 3.63.